The molecule has 0 aromatic carbocycles. The van der Waals surface area contributed by atoms with E-state index in [2.05, 4.69) is 0 Å². The quantitative estimate of drug-likeness (QED) is 0.409. The van der Waals surface area contributed by atoms with E-state index in [4.69, 9.17) is 21.7 Å². The Morgan fingerprint density at radius 2 is 1.80 bits per heavy atom. The molecule has 3 atom stereocenters. The van der Waals surface area contributed by atoms with Crippen molar-refractivity contribution < 1.29 is 19.8 Å². The van der Waals surface area contributed by atoms with Gasteiger partial charge in [0.15, 0.2) is 0 Å². The predicted molar refractivity (Wildman–Crippen MR) is 57.0 cm³/mol. The molecule has 0 amide bonds. The van der Waals surface area contributed by atoms with Crippen molar-refractivity contribution >= 4 is 38.2 Å². The van der Waals surface area contributed by atoms with Gasteiger partial charge >= 0.3 is 98.6 Å². The predicted octanol–water partition coefficient (Wildman–Crippen LogP) is -1.64. The van der Waals surface area contributed by atoms with Crippen LogP contribution in [0.3, 0.4) is 0 Å². The summed E-state index contributed by atoms with van der Waals surface area (Å²) in [6.07, 6.45) is 0. The maximum atomic E-state index is 10.5. The van der Waals surface area contributed by atoms with Crippen molar-refractivity contribution in [1.29, 1.82) is 0 Å². The minimum atomic E-state index is -1.01. The van der Waals surface area contributed by atoms with E-state index in [1.165, 1.54) is 0 Å². The number of carboxylic acids is 2. The van der Waals surface area contributed by atoms with E-state index in [0.717, 1.165) is 0 Å². The number of carbonyl (C=O) groups is 2. The van der Waals surface area contributed by atoms with E-state index in [0.29, 0.717) is 5.32 Å². The van der Waals surface area contributed by atoms with Gasteiger partial charge < -0.3 is 0 Å². The van der Waals surface area contributed by atoms with Gasteiger partial charge in [0.25, 0.3) is 0 Å². The van der Waals surface area contributed by atoms with Crippen LogP contribution in [0, 0.1) is 0 Å². The fourth-order valence-corrected chi connectivity index (χ4v) is 8.37. The Morgan fingerprint density at radius 3 is 2.20 bits per heavy atom. The molecule has 0 aliphatic rings. The van der Waals surface area contributed by atoms with Crippen LogP contribution in [0.4, 0.5) is 0 Å². The van der Waals surface area contributed by atoms with Crippen LogP contribution in [0.15, 0.2) is 0 Å². The standard InChI is InChI=1S/C7H14N2O4Se2/c1-3(5(9)7(12)13)15-14-2-4(8)6(10)11/h3-5H,2,8-9H2,1H3,(H,10,11)(H,12,13). The number of rotatable bonds is 7. The van der Waals surface area contributed by atoms with Crippen LogP contribution in [-0.2, 0) is 9.59 Å². The van der Waals surface area contributed by atoms with Crippen molar-refractivity contribution in [3.05, 3.63) is 0 Å². The van der Waals surface area contributed by atoms with E-state index in [-0.39, 0.29) is 31.1 Å². The number of carboxylic acid groups (broad SMARTS) is 2. The molecule has 0 radical (unpaired) electrons. The Labute approximate surface area is 98.6 Å². The maximum absolute atomic E-state index is 10.5. The molecule has 0 aromatic rings. The van der Waals surface area contributed by atoms with Crippen LogP contribution in [0.5, 0.6) is 0 Å². The van der Waals surface area contributed by atoms with Crippen LogP contribution in [0.1, 0.15) is 6.92 Å². The first-order valence-electron chi connectivity index (χ1n) is 4.11. The Kier molecular flexibility index (Phi) is 7.17. The summed E-state index contributed by atoms with van der Waals surface area (Å²) in [6, 6.07) is -1.69. The first kappa shape index (κ1) is 14.9. The molecule has 0 fully saturated rings. The van der Waals surface area contributed by atoms with Crippen molar-refractivity contribution in [1.82, 2.24) is 0 Å². The summed E-state index contributed by atoms with van der Waals surface area (Å²) in [5, 5.41) is 17.6. The average Bonchev–Trinajstić information content (AvgIpc) is 2.15. The Bertz CT molecular complexity index is 239. The molecule has 0 spiro atoms. The average molecular weight is 348 g/mol. The van der Waals surface area contributed by atoms with Crippen molar-refractivity contribution in [2.45, 2.75) is 29.1 Å². The van der Waals surface area contributed by atoms with E-state index >= 15 is 0 Å². The summed E-state index contributed by atoms with van der Waals surface area (Å²) >= 11 is 0.148. The molecule has 0 saturated heterocycles. The van der Waals surface area contributed by atoms with E-state index in [1.54, 1.807) is 6.92 Å². The van der Waals surface area contributed by atoms with Crippen LogP contribution >= 0.6 is 0 Å². The second-order valence-corrected chi connectivity index (χ2v) is 10.7. The van der Waals surface area contributed by atoms with E-state index < -0.39 is 24.0 Å². The van der Waals surface area contributed by atoms with Gasteiger partial charge in [0, 0.05) is 0 Å². The molecule has 6 nitrogen and oxygen atoms in total. The summed E-state index contributed by atoms with van der Waals surface area (Å²) in [7, 11) is 0. The van der Waals surface area contributed by atoms with Gasteiger partial charge in [0.1, 0.15) is 0 Å². The van der Waals surface area contributed by atoms with E-state index in [9.17, 15) is 9.59 Å². The van der Waals surface area contributed by atoms with Crippen LogP contribution < -0.4 is 11.5 Å². The number of nitrogens with two attached hydrogens (primary N) is 2. The van der Waals surface area contributed by atoms with Gasteiger partial charge in [-0.15, -0.1) is 0 Å². The zero-order valence-electron chi connectivity index (χ0n) is 8.12. The topological polar surface area (TPSA) is 127 Å². The van der Waals surface area contributed by atoms with Crippen LogP contribution in [0.2, 0.25) is 10.1 Å². The number of hydrogen-bond acceptors (Lipinski definition) is 4. The normalized spacial score (nSPS) is 16.7. The first-order chi connectivity index (χ1) is 6.86. The van der Waals surface area contributed by atoms with Gasteiger partial charge in [-0.3, -0.25) is 0 Å². The number of aliphatic carboxylic acids is 2. The van der Waals surface area contributed by atoms with Gasteiger partial charge in [-0.05, 0) is 0 Å². The fraction of sp³-hybridized carbons (Fsp3) is 0.714. The molecular weight excluding hydrogens is 334 g/mol. The second-order valence-electron chi connectivity index (χ2n) is 2.89. The molecule has 3 unspecified atom stereocenters. The first-order valence-corrected chi connectivity index (χ1v) is 10.6. The molecule has 0 aromatic heterocycles. The van der Waals surface area contributed by atoms with Crippen molar-refractivity contribution in [2.24, 2.45) is 11.5 Å². The van der Waals surface area contributed by atoms with E-state index in [1.807, 2.05) is 0 Å². The Balaban J connectivity index is 3.77. The zero-order valence-corrected chi connectivity index (χ0v) is 11.5. The van der Waals surface area contributed by atoms with Gasteiger partial charge in [0.05, 0.1) is 0 Å². The van der Waals surface area contributed by atoms with Gasteiger partial charge in [-0.25, -0.2) is 0 Å². The van der Waals surface area contributed by atoms with Crippen molar-refractivity contribution in [3.63, 3.8) is 0 Å². The Hall–Kier alpha value is -0.101. The fourth-order valence-electron chi connectivity index (χ4n) is 0.552. The summed E-state index contributed by atoms with van der Waals surface area (Å²) in [5.41, 5.74) is 10.7. The molecule has 0 aliphatic heterocycles. The monoisotopic (exact) mass is 350 g/mol. The molecule has 15 heavy (non-hydrogen) atoms. The van der Waals surface area contributed by atoms with Gasteiger partial charge in [-0.2, -0.15) is 0 Å². The minimum absolute atomic E-state index is 0.0673. The molecule has 6 N–H and O–H groups in total. The molecule has 0 saturated carbocycles. The SMILES string of the molecule is CC([Se][Se]CC(N)C(=O)O)C(N)C(=O)O. The van der Waals surface area contributed by atoms with Crippen LogP contribution in [-0.4, -0.2) is 60.5 Å². The second kappa shape index (κ2) is 7.22. The molecule has 88 valence electrons. The molecule has 0 bridgehead atoms. The third-order valence-corrected chi connectivity index (χ3v) is 10.4. The third-order valence-electron chi connectivity index (χ3n) is 1.58. The van der Waals surface area contributed by atoms with Gasteiger partial charge in [0.2, 0.25) is 0 Å². The summed E-state index contributed by atoms with van der Waals surface area (Å²) in [6.45, 7) is 1.77. The Morgan fingerprint density at radius 1 is 1.27 bits per heavy atom. The molecule has 8 heteroatoms. The molecule has 0 aliphatic carbocycles. The molecular formula is C7H14N2O4Se2. The van der Waals surface area contributed by atoms with Crippen molar-refractivity contribution in [3.8, 4) is 0 Å². The zero-order chi connectivity index (χ0) is 12.0. The number of hydrogen-bond donors (Lipinski definition) is 4. The summed E-state index contributed by atoms with van der Waals surface area (Å²) in [5.74, 6) is -2.02. The molecule has 0 heterocycles. The third kappa shape index (κ3) is 6.14. The van der Waals surface area contributed by atoms with Crippen molar-refractivity contribution in [2.75, 3.05) is 0 Å². The molecule has 0 rings (SSSR count). The summed E-state index contributed by atoms with van der Waals surface area (Å²) in [4.78, 5) is 20.8. The van der Waals surface area contributed by atoms with Gasteiger partial charge in [-0.1, -0.05) is 0 Å². The summed E-state index contributed by atoms with van der Waals surface area (Å²) < 4.78 is 0. The van der Waals surface area contributed by atoms with Crippen LogP contribution in [0.25, 0.3) is 0 Å².